The average Bonchev–Trinajstić information content (AvgIpc) is 2.85. The Bertz CT molecular complexity index is 1290. The van der Waals surface area contributed by atoms with Gasteiger partial charge in [0.15, 0.2) is 14.9 Å². The van der Waals surface area contributed by atoms with Crippen LogP contribution in [0.4, 0.5) is 11.6 Å². The SMILES string of the molecule is CCc1cnc(N2CCC(Oc3ccc(C(=O)Nc4ccc(S(C)(=O)=O)nc4C)cn3)CC2)nc1. The van der Waals surface area contributed by atoms with Gasteiger partial charge in [0, 0.05) is 56.8 Å². The van der Waals surface area contributed by atoms with E-state index >= 15 is 0 Å². The minimum atomic E-state index is -3.42. The van der Waals surface area contributed by atoms with Crippen LogP contribution in [0.2, 0.25) is 0 Å². The molecule has 0 atom stereocenters. The van der Waals surface area contributed by atoms with Crippen LogP contribution >= 0.6 is 0 Å². The lowest BCUT2D eigenvalue weighted by Crippen LogP contribution is -2.39. The van der Waals surface area contributed by atoms with Crippen LogP contribution in [0.25, 0.3) is 0 Å². The maximum atomic E-state index is 12.6. The van der Waals surface area contributed by atoms with E-state index < -0.39 is 9.84 Å². The fourth-order valence-corrected chi connectivity index (χ4v) is 4.31. The second-order valence-electron chi connectivity index (χ2n) is 8.44. The van der Waals surface area contributed by atoms with Gasteiger partial charge in [-0.05, 0) is 37.1 Å². The zero-order valence-corrected chi connectivity index (χ0v) is 20.7. The molecule has 0 bridgehead atoms. The topological polar surface area (TPSA) is 127 Å². The molecule has 0 unspecified atom stereocenters. The maximum absolute atomic E-state index is 12.6. The van der Waals surface area contributed by atoms with Gasteiger partial charge in [-0.3, -0.25) is 4.79 Å². The van der Waals surface area contributed by atoms with Gasteiger partial charge in [-0.15, -0.1) is 0 Å². The minimum absolute atomic E-state index is 0.0235. The molecule has 4 heterocycles. The Labute approximate surface area is 204 Å². The molecular weight excluding hydrogens is 468 g/mol. The number of rotatable bonds is 7. The molecule has 0 saturated carbocycles. The standard InChI is InChI=1S/C24H28N6O4S/c1-4-17-13-26-24(27-14-17)30-11-9-19(10-12-30)34-21-7-5-18(15-25-21)23(31)29-20-6-8-22(28-16(20)2)35(3,32)33/h5-8,13-15,19H,4,9-12H2,1-3H3,(H,29,31). The molecule has 1 amide bonds. The Morgan fingerprint density at radius 2 is 1.80 bits per heavy atom. The molecule has 0 aliphatic carbocycles. The van der Waals surface area contributed by atoms with E-state index in [4.69, 9.17) is 4.74 Å². The van der Waals surface area contributed by atoms with Crippen LogP contribution in [0.5, 0.6) is 5.88 Å². The highest BCUT2D eigenvalue weighted by molar-refractivity contribution is 7.90. The minimum Gasteiger partial charge on any atom is -0.474 e. The van der Waals surface area contributed by atoms with Gasteiger partial charge in [-0.2, -0.15) is 0 Å². The first kappa shape index (κ1) is 24.5. The van der Waals surface area contributed by atoms with Crippen molar-refractivity contribution < 1.29 is 17.9 Å². The summed E-state index contributed by atoms with van der Waals surface area (Å²) in [4.78, 5) is 32.0. The maximum Gasteiger partial charge on any atom is 0.257 e. The monoisotopic (exact) mass is 496 g/mol. The molecule has 11 heteroatoms. The molecule has 0 radical (unpaired) electrons. The second-order valence-corrected chi connectivity index (χ2v) is 10.4. The number of hydrogen-bond acceptors (Lipinski definition) is 9. The fourth-order valence-electron chi connectivity index (χ4n) is 3.69. The number of nitrogens with zero attached hydrogens (tertiary/aromatic N) is 5. The van der Waals surface area contributed by atoms with E-state index in [9.17, 15) is 13.2 Å². The Kier molecular flexibility index (Phi) is 7.25. The van der Waals surface area contributed by atoms with Crippen LogP contribution in [0.15, 0.2) is 47.9 Å². The van der Waals surface area contributed by atoms with E-state index in [1.807, 2.05) is 12.4 Å². The number of ether oxygens (including phenoxy) is 1. The fraction of sp³-hybridized carbons (Fsp3) is 0.375. The molecule has 3 aromatic rings. The number of carbonyl (C=O) groups excluding carboxylic acids is 1. The lowest BCUT2D eigenvalue weighted by atomic mass is 10.1. The lowest BCUT2D eigenvalue weighted by molar-refractivity contribution is 0.102. The first-order chi connectivity index (χ1) is 16.7. The van der Waals surface area contributed by atoms with Crippen LogP contribution in [-0.4, -0.2) is 59.7 Å². The highest BCUT2D eigenvalue weighted by atomic mass is 32.2. The Balaban J connectivity index is 1.31. The van der Waals surface area contributed by atoms with Crippen molar-refractivity contribution >= 4 is 27.4 Å². The van der Waals surface area contributed by atoms with Gasteiger partial charge in [0.1, 0.15) is 6.10 Å². The van der Waals surface area contributed by atoms with Gasteiger partial charge in [0.05, 0.1) is 16.9 Å². The molecule has 1 fully saturated rings. The predicted molar refractivity (Wildman–Crippen MR) is 132 cm³/mol. The molecule has 184 valence electrons. The van der Waals surface area contributed by atoms with Gasteiger partial charge >= 0.3 is 0 Å². The van der Waals surface area contributed by atoms with Crippen molar-refractivity contribution in [3.8, 4) is 5.88 Å². The van der Waals surface area contributed by atoms with E-state index in [1.165, 1.54) is 18.3 Å². The number of hydrogen-bond donors (Lipinski definition) is 1. The molecule has 1 aliphatic heterocycles. The average molecular weight is 497 g/mol. The molecule has 4 rings (SSSR count). The van der Waals surface area contributed by atoms with Crippen LogP contribution in [-0.2, 0) is 16.3 Å². The summed E-state index contributed by atoms with van der Waals surface area (Å²) in [7, 11) is -3.42. The van der Waals surface area contributed by atoms with Crippen LogP contribution in [0.3, 0.4) is 0 Å². The quantitative estimate of drug-likeness (QED) is 0.525. The number of pyridine rings is 2. The molecule has 1 saturated heterocycles. The second kappa shape index (κ2) is 10.3. The summed E-state index contributed by atoms with van der Waals surface area (Å²) < 4.78 is 29.3. The molecule has 3 aromatic heterocycles. The molecule has 1 aliphatic rings. The highest BCUT2D eigenvalue weighted by Gasteiger charge is 2.23. The number of anilines is 2. The van der Waals surface area contributed by atoms with Crippen molar-refractivity contribution in [2.75, 3.05) is 29.6 Å². The van der Waals surface area contributed by atoms with Crippen molar-refractivity contribution in [2.45, 2.75) is 44.2 Å². The third-order valence-electron chi connectivity index (χ3n) is 5.80. The summed E-state index contributed by atoms with van der Waals surface area (Å²) in [5.74, 6) is 0.827. The molecule has 0 spiro atoms. The first-order valence-corrected chi connectivity index (χ1v) is 13.3. The van der Waals surface area contributed by atoms with E-state index in [2.05, 4.69) is 37.1 Å². The zero-order chi connectivity index (χ0) is 25.0. The number of aromatic nitrogens is 4. The number of aryl methyl sites for hydroxylation is 2. The highest BCUT2D eigenvalue weighted by Crippen LogP contribution is 2.21. The van der Waals surface area contributed by atoms with E-state index in [0.717, 1.165) is 50.1 Å². The van der Waals surface area contributed by atoms with Gasteiger partial charge < -0.3 is 15.0 Å². The van der Waals surface area contributed by atoms with Crippen LogP contribution in [0, 0.1) is 6.92 Å². The smallest absolute Gasteiger partial charge is 0.257 e. The Hall–Kier alpha value is -3.60. The van der Waals surface area contributed by atoms with Crippen molar-refractivity contribution in [3.05, 3.63) is 59.7 Å². The third-order valence-corrected chi connectivity index (χ3v) is 6.79. The molecule has 0 aromatic carbocycles. The summed E-state index contributed by atoms with van der Waals surface area (Å²) >= 11 is 0. The molecule has 10 nitrogen and oxygen atoms in total. The third kappa shape index (κ3) is 6.10. The molecular formula is C24H28N6O4S. The van der Waals surface area contributed by atoms with Gasteiger partial charge in [-0.25, -0.2) is 28.4 Å². The predicted octanol–water partition coefficient (Wildman–Crippen LogP) is 2.84. The van der Waals surface area contributed by atoms with E-state index in [1.54, 1.807) is 19.1 Å². The largest absolute Gasteiger partial charge is 0.474 e. The summed E-state index contributed by atoms with van der Waals surface area (Å²) in [5, 5.41) is 2.70. The summed E-state index contributed by atoms with van der Waals surface area (Å²) in [6, 6.07) is 6.21. The van der Waals surface area contributed by atoms with E-state index in [0.29, 0.717) is 22.8 Å². The number of sulfone groups is 1. The molecule has 35 heavy (non-hydrogen) atoms. The summed E-state index contributed by atoms with van der Waals surface area (Å²) in [5.41, 5.74) is 2.31. The first-order valence-electron chi connectivity index (χ1n) is 11.4. The van der Waals surface area contributed by atoms with Crippen molar-refractivity contribution in [1.82, 2.24) is 19.9 Å². The lowest BCUT2D eigenvalue weighted by Gasteiger charge is -2.31. The van der Waals surface area contributed by atoms with Crippen molar-refractivity contribution in [1.29, 1.82) is 0 Å². The van der Waals surface area contributed by atoms with Crippen LogP contribution < -0.4 is 15.0 Å². The number of nitrogens with one attached hydrogen (secondary N) is 1. The summed E-state index contributed by atoms with van der Waals surface area (Å²) in [6.45, 7) is 5.30. The summed E-state index contributed by atoms with van der Waals surface area (Å²) in [6.07, 6.45) is 8.86. The van der Waals surface area contributed by atoms with Crippen molar-refractivity contribution in [2.24, 2.45) is 0 Å². The number of piperidine rings is 1. The normalized spacial score (nSPS) is 14.5. The van der Waals surface area contributed by atoms with E-state index in [-0.39, 0.29) is 17.0 Å². The van der Waals surface area contributed by atoms with Crippen LogP contribution in [0.1, 0.15) is 41.4 Å². The Morgan fingerprint density at radius 1 is 1.09 bits per heavy atom. The number of carbonyl (C=O) groups is 1. The zero-order valence-electron chi connectivity index (χ0n) is 19.9. The number of amides is 1. The Morgan fingerprint density at radius 3 is 2.37 bits per heavy atom. The van der Waals surface area contributed by atoms with Gasteiger partial charge in [0.25, 0.3) is 5.91 Å². The van der Waals surface area contributed by atoms with Gasteiger partial charge in [-0.1, -0.05) is 6.92 Å². The van der Waals surface area contributed by atoms with Crippen molar-refractivity contribution in [3.63, 3.8) is 0 Å². The molecule has 1 N–H and O–H groups in total. The van der Waals surface area contributed by atoms with Gasteiger partial charge in [0.2, 0.25) is 11.8 Å².